The predicted octanol–water partition coefficient (Wildman–Crippen LogP) is 5.05. The number of hydrogen-bond acceptors (Lipinski definition) is 8. The summed E-state index contributed by atoms with van der Waals surface area (Å²) in [7, 11) is 1.21. The summed E-state index contributed by atoms with van der Waals surface area (Å²) in [5, 5.41) is 10.1. The van der Waals surface area contributed by atoms with E-state index in [0.717, 1.165) is 20.3 Å². The zero-order chi connectivity index (χ0) is 31.1. The molecule has 0 fully saturated rings. The van der Waals surface area contributed by atoms with Gasteiger partial charge in [-0.05, 0) is 98.0 Å². The lowest BCUT2D eigenvalue weighted by Gasteiger charge is -2.21. The molecule has 2 heterocycles. The summed E-state index contributed by atoms with van der Waals surface area (Å²) in [6, 6.07) is 11.8. The van der Waals surface area contributed by atoms with Gasteiger partial charge in [-0.3, -0.25) is 9.59 Å². The zero-order valence-corrected chi connectivity index (χ0v) is 26.4. The molecule has 1 atom stereocenters. The summed E-state index contributed by atoms with van der Waals surface area (Å²) in [5.74, 6) is -2.17. The van der Waals surface area contributed by atoms with Crippen molar-refractivity contribution in [1.29, 1.82) is 0 Å². The number of rotatable bonds is 6. The zero-order valence-electron chi connectivity index (χ0n) is 24.3. The summed E-state index contributed by atoms with van der Waals surface area (Å²) >= 11 is 2.11. The monoisotopic (exact) mass is 695 g/mol. The van der Waals surface area contributed by atoms with Crippen LogP contribution in [0.25, 0.3) is 5.65 Å². The molecule has 11 nitrogen and oxygen atoms in total. The smallest absolute Gasteiger partial charge is 0.356 e. The van der Waals surface area contributed by atoms with Gasteiger partial charge in [-0.2, -0.15) is 5.10 Å². The molecule has 1 aliphatic rings. The number of fused-ring (bicyclic) bond motifs is 2. The number of carbonyl (C=O) groups is 4. The van der Waals surface area contributed by atoms with Crippen molar-refractivity contribution in [1.82, 2.24) is 19.9 Å². The third-order valence-electron chi connectivity index (χ3n) is 7.08. The van der Waals surface area contributed by atoms with Crippen molar-refractivity contribution < 1.29 is 28.7 Å². The highest BCUT2D eigenvalue weighted by Gasteiger charge is 2.30. The Labute approximate surface area is 261 Å². The molecule has 1 aliphatic carbocycles. The minimum Gasteiger partial charge on any atom is -0.464 e. The van der Waals surface area contributed by atoms with Gasteiger partial charge in [0.15, 0.2) is 11.3 Å². The van der Waals surface area contributed by atoms with Gasteiger partial charge in [-0.25, -0.2) is 19.1 Å². The second-order valence-electron chi connectivity index (χ2n) is 11.1. The molecule has 0 saturated carbocycles. The molecule has 4 aromatic rings. The first-order valence-corrected chi connectivity index (χ1v) is 14.7. The minimum absolute atomic E-state index is 0.00860. The highest BCUT2D eigenvalue weighted by molar-refractivity contribution is 14.1. The van der Waals surface area contributed by atoms with Gasteiger partial charge in [-0.1, -0.05) is 18.2 Å². The van der Waals surface area contributed by atoms with Crippen LogP contribution in [-0.2, 0) is 15.9 Å². The molecule has 2 aromatic heterocycles. The number of para-hydroxylation sites is 1. The Morgan fingerprint density at radius 2 is 1.77 bits per heavy atom. The van der Waals surface area contributed by atoms with Gasteiger partial charge in [0.1, 0.15) is 16.9 Å². The molecule has 5 rings (SSSR count). The van der Waals surface area contributed by atoms with Crippen LogP contribution in [-0.4, -0.2) is 51.1 Å². The van der Waals surface area contributed by atoms with Crippen LogP contribution < -0.4 is 10.6 Å². The summed E-state index contributed by atoms with van der Waals surface area (Å²) in [6.45, 7) is 7.34. The fourth-order valence-corrected chi connectivity index (χ4v) is 5.58. The van der Waals surface area contributed by atoms with Gasteiger partial charge in [0.2, 0.25) is 0 Å². The highest BCUT2D eigenvalue weighted by atomic mass is 127. The number of amides is 2. The van der Waals surface area contributed by atoms with Crippen molar-refractivity contribution in [3.8, 4) is 0 Å². The molecule has 2 aromatic carbocycles. The quantitative estimate of drug-likeness (QED) is 0.211. The first kappa shape index (κ1) is 30.1. The Bertz CT molecular complexity index is 1790. The molecule has 2 N–H and O–H groups in total. The second kappa shape index (κ2) is 11.7. The van der Waals surface area contributed by atoms with Crippen LogP contribution >= 0.6 is 22.6 Å². The first-order valence-electron chi connectivity index (χ1n) is 13.6. The third kappa shape index (κ3) is 6.10. The molecule has 0 unspecified atom stereocenters. The maximum absolute atomic E-state index is 13.7. The van der Waals surface area contributed by atoms with Crippen LogP contribution in [0.5, 0.6) is 0 Å². The van der Waals surface area contributed by atoms with Crippen molar-refractivity contribution in [2.24, 2.45) is 0 Å². The van der Waals surface area contributed by atoms with Gasteiger partial charge >= 0.3 is 11.9 Å². The van der Waals surface area contributed by atoms with Crippen molar-refractivity contribution >= 4 is 57.7 Å². The Balaban J connectivity index is 1.46. The van der Waals surface area contributed by atoms with E-state index in [0.29, 0.717) is 24.1 Å². The summed E-state index contributed by atoms with van der Waals surface area (Å²) in [6.07, 6.45) is 2.57. The number of nitrogens with zero attached hydrogens (tertiary/aromatic N) is 3. The van der Waals surface area contributed by atoms with Crippen LogP contribution in [0.4, 0.5) is 5.69 Å². The molecule has 222 valence electrons. The molecule has 2 amide bonds. The number of benzene rings is 2. The van der Waals surface area contributed by atoms with E-state index in [2.05, 4.69) is 43.3 Å². The van der Waals surface area contributed by atoms with Crippen molar-refractivity contribution in [3.63, 3.8) is 0 Å². The fourth-order valence-electron chi connectivity index (χ4n) is 5.06. The Morgan fingerprint density at radius 3 is 2.47 bits per heavy atom. The minimum atomic E-state index is -0.766. The van der Waals surface area contributed by atoms with Gasteiger partial charge in [0, 0.05) is 9.64 Å². The number of nitrogens with one attached hydrogen (secondary N) is 2. The lowest BCUT2D eigenvalue weighted by Crippen LogP contribution is -2.30. The number of halogens is 1. The van der Waals surface area contributed by atoms with Gasteiger partial charge in [0.05, 0.1) is 30.6 Å². The van der Waals surface area contributed by atoms with E-state index in [4.69, 9.17) is 9.47 Å². The summed E-state index contributed by atoms with van der Waals surface area (Å²) in [4.78, 5) is 56.5. The molecule has 43 heavy (non-hydrogen) atoms. The molecule has 0 radical (unpaired) electrons. The number of anilines is 1. The van der Waals surface area contributed by atoms with E-state index in [1.807, 2.05) is 45.9 Å². The third-order valence-corrected chi connectivity index (χ3v) is 8.02. The van der Waals surface area contributed by atoms with Crippen LogP contribution in [0, 0.1) is 10.5 Å². The van der Waals surface area contributed by atoms with E-state index in [1.54, 1.807) is 18.2 Å². The Morgan fingerprint density at radius 1 is 1.02 bits per heavy atom. The number of hydrogen-bond donors (Lipinski definition) is 2. The molecule has 0 spiro atoms. The molecule has 0 aliphatic heterocycles. The van der Waals surface area contributed by atoms with Crippen LogP contribution in [0.1, 0.15) is 91.6 Å². The maximum atomic E-state index is 13.7. The second-order valence-corrected chi connectivity index (χ2v) is 12.3. The normalized spacial score (nSPS) is 14.2. The Kier molecular flexibility index (Phi) is 8.23. The van der Waals surface area contributed by atoms with E-state index in [-0.39, 0.29) is 28.6 Å². The molecule has 0 saturated heterocycles. The van der Waals surface area contributed by atoms with Crippen molar-refractivity contribution in [3.05, 3.63) is 91.4 Å². The van der Waals surface area contributed by atoms with E-state index < -0.39 is 29.4 Å². The fraction of sp³-hybridized carbons (Fsp3) is 0.290. The predicted molar refractivity (Wildman–Crippen MR) is 166 cm³/mol. The average molecular weight is 696 g/mol. The van der Waals surface area contributed by atoms with Crippen LogP contribution in [0.15, 0.2) is 48.7 Å². The van der Waals surface area contributed by atoms with Gasteiger partial charge in [-0.15, -0.1) is 0 Å². The number of carbonyl (C=O) groups excluding carboxylic acids is 4. The number of esters is 2. The van der Waals surface area contributed by atoms with Crippen LogP contribution in [0.2, 0.25) is 0 Å². The highest BCUT2D eigenvalue weighted by Crippen LogP contribution is 2.35. The number of methoxy groups -OCH3 is 1. The molecular formula is C31H30IN5O6. The van der Waals surface area contributed by atoms with E-state index in [9.17, 15) is 19.2 Å². The van der Waals surface area contributed by atoms with Crippen molar-refractivity contribution in [2.45, 2.75) is 52.2 Å². The lowest BCUT2D eigenvalue weighted by molar-refractivity contribution is 0.00681. The van der Waals surface area contributed by atoms with Gasteiger partial charge < -0.3 is 20.1 Å². The standard InChI is InChI=1S/C31H30IN5O6/c1-16-17-12-13-22(19(17)11-10-18(16)29(40)43-31(2,3)4)35-28(39)25-14-24(30(41)42-5)34-26-20(15-33-37(25)26)27(38)36-23-9-7-6-8-21(23)32/h6-11,14-15,22H,12-13H2,1-5H3,(H,35,39)(H,36,38)/t22-/m0/s1. The van der Waals surface area contributed by atoms with E-state index in [1.165, 1.54) is 23.9 Å². The number of ether oxygens (including phenoxy) is 2. The van der Waals surface area contributed by atoms with Crippen molar-refractivity contribution in [2.75, 3.05) is 12.4 Å². The van der Waals surface area contributed by atoms with Gasteiger partial charge in [0.25, 0.3) is 11.8 Å². The van der Waals surface area contributed by atoms with E-state index >= 15 is 0 Å². The summed E-state index contributed by atoms with van der Waals surface area (Å²) in [5.41, 5.74) is 3.14. The first-order chi connectivity index (χ1) is 20.4. The maximum Gasteiger partial charge on any atom is 0.356 e. The molecule has 12 heteroatoms. The molecule has 0 bridgehead atoms. The number of aromatic nitrogens is 3. The largest absolute Gasteiger partial charge is 0.464 e. The SMILES string of the molecule is COC(=O)c1cc(C(=O)N[C@H]2CCc3c2ccc(C(=O)OC(C)(C)C)c3C)n2ncc(C(=O)Nc3ccccc3I)c2n1. The summed E-state index contributed by atoms with van der Waals surface area (Å²) < 4.78 is 12.5. The topological polar surface area (TPSA) is 141 Å². The lowest BCUT2D eigenvalue weighted by atomic mass is 9.97. The Hall–Kier alpha value is -4.33. The van der Waals surface area contributed by atoms with Crippen LogP contribution in [0.3, 0.4) is 0 Å². The molecular weight excluding hydrogens is 665 g/mol. The average Bonchev–Trinajstić information content (AvgIpc) is 3.57.